The van der Waals surface area contributed by atoms with Crippen molar-refractivity contribution in [2.24, 2.45) is 0 Å². The van der Waals surface area contributed by atoms with E-state index in [-0.39, 0.29) is 0 Å². The van der Waals surface area contributed by atoms with Crippen LogP contribution < -0.4 is 9.80 Å². The van der Waals surface area contributed by atoms with Gasteiger partial charge in [0.2, 0.25) is 5.95 Å². The number of morpholine rings is 1. The SMILES string of the molecule is Cc1cc(-c2cnc(N(C)CCN(C)C)nc2-c2ccc(N3CCOCC3)nc2)on1. The molecule has 0 aliphatic carbocycles. The predicted octanol–water partition coefficient (Wildman–Crippen LogP) is 2.34. The van der Waals surface area contributed by atoms with Crippen LogP contribution in [0.4, 0.5) is 11.8 Å². The standard InChI is InChI=1S/C22H29N7O2/c1-16-13-19(31-26-16)18-15-24-22(28(4)8-7-27(2)3)25-21(18)17-5-6-20(23-14-17)29-9-11-30-12-10-29/h5-6,13-15H,7-12H2,1-4H3. The molecule has 0 bridgehead atoms. The van der Waals surface area contributed by atoms with Gasteiger partial charge in [0.15, 0.2) is 5.76 Å². The molecule has 0 amide bonds. The van der Waals surface area contributed by atoms with Crippen LogP contribution in [-0.4, -0.2) is 85.5 Å². The smallest absolute Gasteiger partial charge is 0.225 e. The first kappa shape index (κ1) is 21.2. The van der Waals surface area contributed by atoms with Crippen molar-refractivity contribution in [2.45, 2.75) is 6.92 Å². The van der Waals surface area contributed by atoms with E-state index < -0.39 is 0 Å². The van der Waals surface area contributed by atoms with Crippen LogP contribution >= 0.6 is 0 Å². The Morgan fingerprint density at radius 1 is 1.03 bits per heavy atom. The van der Waals surface area contributed by atoms with Crippen molar-refractivity contribution < 1.29 is 9.26 Å². The fraction of sp³-hybridized carbons (Fsp3) is 0.455. The van der Waals surface area contributed by atoms with Gasteiger partial charge in [0.1, 0.15) is 5.82 Å². The molecule has 0 saturated carbocycles. The summed E-state index contributed by atoms with van der Waals surface area (Å²) < 4.78 is 11.0. The topological polar surface area (TPSA) is 83.7 Å². The van der Waals surface area contributed by atoms with Crippen molar-refractivity contribution in [3.63, 3.8) is 0 Å². The molecule has 0 atom stereocenters. The van der Waals surface area contributed by atoms with Crippen LogP contribution in [0.5, 0.6) is 0 Å². The minimum absolute atomic E-state index is 0.646. The van der Waals surface area contributed by atoms with Crippen LogP contribution in [0.15, 0.2) is 35.1 Å². The Balaban J connectivity index is 1.68. The molecule has 9 heteroatoms. The maximum absolute atomic E-state index is 5.52. The molecule has 0 spiro atoms. The van der Waals surface area contributed by atoms with Crippen molar-refractivity contribution in [3.05, 3.63) is 36.3 Å². The zero-order chi connectivity index (χ0) is 21.8. The van der Waals surface area contributed by atoms with Crippen LogP contribution in [0.1, 0.15) is 5.69 Å². The van der Waals surface area contributed by atoms with Gasteiger partial charge in [0.25, 0.3) is 0 Å². The molecule has 4 heterocycles. The summed E-state index contributed by atoms with van der Waals surface area (Å²) in [6.07, 6.45) is 3.67. The lowest BCUT2D eigenvalue weighted by atomic mass is 10.1. The van der Waals surface area contributed by atoms with Gasteiger partial charge < -0.3 is 24.0 Å². The number of rotatable bonds is 7. The second-order valence-electron chi connectivity index (χ2n) is 7.99. The van der Waals surface area contributed by atoms with Crippen LogP contribution in [0, 0.1) is 6.92 Å². The molecule has 1 fully saturated rings. The van der Waals surface area contributed by atoms with Crippen LogP contribution in [0.3, 0.4) is 0 Å². The second-order valence-corrected chi connectivity index (χ2v) is 7.99. The molecule has 3 aromatic heterocycles. The lowest BCUT2D eigenvalue weighted by Gasteiger charge is -2.27. The van der Waals surface area contributed by atoms with E-state index in [1.807, 2.05) is 32.3 Å². The maximum Gasteiger partial charge on any atom is 0.225 e. The van der Waals surface area contributed by atoms with Crippen molar-refractivity contribution in [1.29, 1.82) is 0 Å². The Morgan fingerprint density at radius 3 is 2.48 bits per heavy atom. The summed E-state index contributed by atoms with van der Waals surface area (Å²) in [7, 11) is 6.11. The monoisotopic (exact) mass is 423 g/mol. The maximum atomic E-state index is 5.52. The molecule has 31 heavy (non-hydrogen) atoms. The Labute approximate surface area is 182 Å². The van der Waals surface area contributed by atoms with Crippen molar-refractivity contribution in [1.82, 2.24) is 25.0 Å². The molecule has 1 aliphatic rings. The second kappa shape index (κ2) is 9.40. The summed E-state index contributed by atoms with van der Waals surface area (Å²) in [5.41, 5.74) is 3.30. The quantitative estimate of drug-likeness (QED) is 0.568. The highest BCUT2D eigenvalue weighted by Gasteiger charge is 2.18. The van der Waals surface area contributed by atoms with Crippen LogP contribution in [0.2, 0.25) is 0 Å². The fourth-order valence-corrected chi connectivity index (χ4v) is 3.40. The third-order valence-corrected chi connectivity index (χ3v) is 5.25. The van der Waals surface area contributed by atoms with E-state index in [0.29, 0.717) is 11.7 Å². The third kappa shape index (κ3) is 5.00. The molecule has 1 saturated heterocycles. The van der Waals surface area contributed by atoms with Gasteiger partial charge in [0, 0.05) is 57.3 Å². The highest BCUT2D eigenvalue weighted by Crippen LogP contribution is 2.32. The van der Waals surface area contributed by atoms with Gasteiger partial charge >= 0.3 is 0 Å². The number of aryl methyl sites for hydroxylation is 1. The molecular weight excluding hydrogens is 394 g/mol. The number of ether oxygens (including phenoxy) is 1. The van der Waals surface area contributed by atoms with Crippen molar-refractivity contribution in [2.75, 3.05) is 70.3 Å². The lowest BCUT2D eigenvalue weighted by molar-refractivity contribution is 0.122. The number of pyridine rings is 1. The molecular formula is C22H29N7O2. The van der Waals surface area contributed by atoms with E-state index in [0.717, 1.165) is 67.7 Å². The first-order valence-corrected chi connectivity index (χ1v) is 10.5. The molecule has 0 radical (unpaired) electrons. The fourth-order valence-electron chi connectivity index (χ4n) is 3.40. The summed E-state index contributed by atoms with van der Waals surface area (Å²) in [5, 5.41) is 4.03. The van der Waals surface area contributed by atoms with Crippen LogP contribution in [-0.2, 0) is 4.74 Å². The van der Waals surface area contributed by atoms with Gasteiger partial charge in [-0.2, -0.15) is 0 Å². The van der Waals surface area contributed by atoms with E-state index in [1.54, 1.807) is 6.20 Å². The van der Waals surface area contributed by atoms with Crippen molar-refractivity contribution in [3.8, 4) is 22.6 Å². The molecule has 4 rings (SSSR count). The third-order valence-electron chi connectivity index (χ3n) is 5.25. The summed E-state index contributed by atoms with van der Waals surface area (Å²) in [6, 6.07) is 5.98. The predicted molar refractivity (Wildman–Crippen MR) is 120 cm³/mol. The Morgan fingerprint density at radius 2 is 1.84 bits per heavy atom. The van der Waals surface area contributed by atoms with Crippen molar-refractivity contribution >= 4 is 11.8 Å². The lowest BCUT2D eigenvalue weighted by Crippen LogP contribution is -2.36. The molecule has 164 valence electrons. The highest BCUT2D eigenvalue weighted by molar-refractivity contribution is 5.78. The van der Waals surface area contributed by atoms with Gasteiger partial charge in [0.05, 0.1) is 30.2 Å². The molecule has 1 aliphatic heterocycles. The number of likely N-dealkylation sites (N-methyl/N-ethyl adjacent to an activating group) is 2. The van der Waals surface area contributed by atoms with Gasteiger partial charge in [-0.05, 0) is 33.2 Å². The number of hydrogen-bond donors (Lipinski definition) is 0. The molecule has 9 nitrogen and oxygen atoms in total. The first-order valence-electron chi connectivity index (χ1n) is 10.5. The Hall–Kier alpha value is -3.04. The normalized spacial score (nSPS) is 14.3. The highest BCUT2D eigenvalue weighted by atomic mass is 16.5. The van der Waals surface area contributed by atoms with E-state index in [9.17, 15) is 0 Å². The average Bonchev–Trinajstić information content (AvgIpc) is 3.24. The number of anilines is 2. The molecule has 0 N–H and O–H groups in total. The first-order chi connectivity index (χ1) is 15.0. The number of aromatic nitrogens is 4. The van der Waals surface area contributed by atoms with Gasteiger partial charge in [-0.1, -0.05) is 5.16 Å². The van der Waals surface area contributed by atoms with E-state index in [2.05, 4.69) is 45.0 Å². The largest absolute Gasteiger partial charge is 0.378 e. The van der Waals surface area contributed by atoms with E-state index in [1.165, 1.54) is 0 Å². The minimum Gasteiger partial charge on any atom is -0.378 e. The average molecular weight is 424 g/mol. The van der Waals surface area contributed by atoms with Gasteiger partial charge in [-0.15, -0.1) is 0 Å². The number of nitrogens with zero attached hydrogens (tertiary/aromatic N) is 7. The summed E-state index contributed by atoms with van der Waals surface area (Å²) >= 11 is 0. The van der Waals surface area contributed by atoms with E-state index in [4.69, 9.17) is 19.2 Å². The summed E-state index contributed by atoms with van der Waals surface area (Å²) in [5.74, 6) is 2.25. The molecule has 3 aromatic rings. The van der Waals surface area contributed by atoms with Crippen LogP contribution in [0.25, 0.3) is 22.6 Å². The summed E-state index contributed by atoms with van der Waals surface area (Å²) in [4.78, 5) is 20.6. The number of hydrogen-bond acceptors (Lipinski definition) is 9. The molecule has 0 aromatic carbocycles. The van der Waals surface area contributed by atoms with Gasteiger partial charge in [-0.3, -0.25) is 0 Å². The Kier molecular flexibility index (Phi) is 6.43. The summed E-state index contributed by atoms with van der Waals surface area (Å²) in [6.45, 7) is 6.79. The zero-order valence-corrected chi connectivity index (χ0v) is 18.6. The van der Waals surface area contributed by atoms with Gasteiger partial charge in [-0.25, -0.2) is 15.0 Å². The minimum atomic E-state index is 0.646. The zero-order valence-electron chi connectivity index (χ0n) is 18.6. The molecule has 0 unspecified atom stereocenters. The van der Waals surface area contributed by atoms with E-state index >= 15 is 0 Å². The Bertz CT molecular complexity index is 997.